The van der Waals surface area contributed by atoms with Crippen LogP contribution in [0.4, 0.5) is 0 Å². The SMILES string of the molecule is CC/C=C\C/C=C\C/C=C\C/C=C\CCCCCCCCC(=O)OC(COC(=O)CCCCCCCC)COC(=O)CCCCCCCCCCCCCCC/C=C\CCCCCCCCCC. The number of rotatable bonds is 53. The third kappa shape index (κ3) is 54.1. The molecule has 0 bridgehead atoms. The molecule has 1 unspecified atom stereocenters. The highest BCUT2D eigenvalue weighted by Crippen LogP contribution is 2.16. The quantitative estimate of drug-likeness (QED) is 0.0262. The largest absolute Gasteiger partial charge is 0.462 e. The minimum absolute atomic E-state index is 0.0784. The molecule has 6 heteroatoms. The molecule has 0 aliphatic heterocycles. The Morgan fingerprint density at radius 2 is 0.574 bits per heavy atom. The third-order valence-corrected chi connectivity index (χ3v) is 12.8. The fourth-order valence-electron chi connectivity index (χ4n) is 8.37. The van der Waals surface area contributed by atoms with Crippen molar-refractivity contribution in [1.29, 1.82) is 0 Å². The van der Waals surface area contributed by atoms with Crippen molar-refractivity contribution >= 4 is 17.9 Å². The van der Waals surface area contributed by atoms with Crippen LogP contribution < -0.4 is 0 Å². The zero-order valence-corrected chi connectivity index (χ0v) is 45.1. The summed E-state index contributed by atoms with van der Waals surface area (Å²) in [6.45, 7) is 6.48. The Balaban J connectivity index is 4.11. The van der Waals surface area contributed by atoms with E-state index in [2.05, 4.69) is 81.5 Å². The number of hydrogen-bond donors (Lipinski definition) is 0. The van der Waals surface area contributed by atoms with Gasteiger partial charge in [-0.15, -0.1) is 0 Å². The van der Waals surface area contributed by atoms with Crippen molar-refractivity contribution in [2.45, 2.75) is 303 Å². The highest BCUT2D eigenvalue weighted by atomic mass is 16.6. The Kier molecular flexibility index (Phi) is 54.3. The number of carbonyl (C=O) groups is 3. The van der Waals surface area contributed by atoms with Crippen LogP contribution in [-0.4, -0.2) is 37.2 Å². The molecule has 1 atom stereocenters. The number of esters is 3. The van der Waals surface area contributed by atoms with Gasteiger partial charge in [0, 0.05) is 19.3 Å². The molecule has 0 amide bonds. The molecule has 68 heavy (non-hydrogen) atoms. The lowest BCUT2D eigenvalue weighted by atomic mass is 10.0. The van der Waals surface area contributed by atoms with E-state index in [1.54, 1.807) is 0 Å². The van der Waals surface area contributed by atoms with Gasteiger partial charge in [-0.2, -0.15) is 0 Å². The highest BCUT2D eigenvalue weighted by molar-refractivity contribution is 5.71. The van der Waals surface area contributed by atoms with Crippen molar-refractivity contribution < 1.29 is 28.6 Å². The summed E-state index contributed by atoms with van der Waals surface area (Å²) < 4.78 is 16.8. The van der Waals surface area contributed by atoms with Crippen LogP contribution in [0.25, 0.3) is 0 Å². The first kappa shape index (κ1) is 65.1. The Labute approximate surface area is 421 Å². The first-order valence-corrected chi connectivity index (χ1v) is 29.3. The summed E-state index contributed by atoms with van der Waals surface area (Å²) in [6.07, 6.45) is 71.1. The minimum atomic E-state index is -0.778. The van der Waals surface area contributed by atoms with Gasteiger partial charge in [0.05, 0.1) is 0 Å². The van der Waals surface area contributed by atoms with Gasteiger partial charge in [-0.25, -0.2) is 0 Å². The van der Waals surface area contributed by atoms with Crippen LogP contribution in [0.3, 0.4) is 0 Å². The number of carbonyl (C=O) groups excluding carboxylic acids is 3. The maximum absolute atomic E-state index is 12.8. The van der Waals surface area contributed by atoms with E-state index in [1.165, 1.54) is 161 Å². The van der Waals surface area contributed by atoms with Crippen LogP contribution in [-0.2, 0) is 28.6 Å². The van der Waals surface area contributed by atoms with Crippen LogP contribution >= 0.6 is 0 Å². The van der Waals surface area contributed by atoms with Gasteiger partial charge in [0.2, 0.25) is 0 Å². The molecule has 0 radical (unpaired) electrons. The molecule has 6 nitrogen and oxygen atoms in total. The van der Waals surface area contributed by atoms with E-state index in [1.807, 2.05) is 0 Å². The molecule has 0 saturated carbocycles. The molecule has 0 aliphatic rings. The smallest absolute Gasteiger partial charge is 0.306 e. The van der Waals surface area contributed by atoms with Crippen molar-refractivity contribution in [1.82, 2.24) is 0 Å². The standard InChI is InChI=1S/C62H110O6/c1-4-7-10-13-16-18-20-22-24-26-28-29-30-31-32-33-35-36-38-40-42-44-46-49-52-55-61(64)67-58-59(57-66-60(63)54-51-48-15-12-9-6-3)68-62(65)56-53-50-47-45-43-41-39-37-34-27-25-23-21-19-17-14-11-8-5-2/h8,11,17,19,23,25-26,28,34,37,59H,4-7,9-10,12-16,18,20-22,24,27,29-33,35-36,38-58H2,1-3H3/b11-8-,19-17-,25-23-,28-26-,37-34-. The average molecular weight is 952 g/mol. The van der Waals surface area contributed by atoms with Crippen LogP contribution in [0.1, 0.15) is 297 Å². The van der Waals surface area contributed by atoms with Crippen molar-refractivity contribution in [2.75, 3.05) is 13.2 Å². The highest BCUT2D eigenvalue weighted by Gasteiger charge is 2.19. The number of unbranched alkanes of at least 4 members (excludes halogenated alkanes) is 32. The molecular formula is C62H110O6. The summed E-state index contributed by atoms with van der Waals surface area (Å²) in [5.74, 6) is -0.893. The van der Waals surface area contributed by atoms with E-state index in [0.29, 0.717) is 19.3 Å². The van der Waals surface area contributed by atoms with Gasteiger partial charge >= 0.3 is 17.9 Å². The average Bonchev–Trinajstić information content (AvgIpc) is 3.34. The van der Waals surface area contributed by atoms with Gasteiger partial charge in [0.25, 0.3) is 0 Å². The minimum Gasteiger partial charge on any atom is -0.462 e. The second-order valence-electron chi connectivity index (χ2n) is 19.5. The molecule has 0 spiro atoms. The molecule has 0 aromatic rings. The predicted octanol–water partition coefficient (Wildman–Crippen LogP) is 19.6. The zero-order valence-electron chi connectivity index (χ0n) is 45.1. The lowest BCUT2D eigenvalue weighted by Crippen LogP contribution is -2.30. The van der Waals surface area contributed by atoms with Crippen LogP contribution in [0.5, 0.6) is 0 Å². The fraction of sp³-hybridized carbons (Fsp3) is 0.790. The van der Waals surface area contributed by atoms with E-state index in [9.17, 15) is 14.4 Å². The monoisotopic (exact) mass is 951 g/mol. The summed E-state index contributed by atoms with van der Waals surface area (Å²) in [5.41, 5.74) is 0. The van der Waals surface area contributed by atoms with Gasteiger partial charge in [-0.1, -0.05) is 255 Å². The Bertz CT molecular complexity index is 1230. The summed E-state index contributed by atoms with van der Waals surface area (Å²) in [6, 6.07) is 0. The van der Waals surface area contributed by atoms with E-state index >= 15 is 0 Å². The van der Waals surface area contributed by atoms with Gasteiger partial charge in [0.15, 0.2) is 6.10 Å². The normalized spacial score (nSPS) is 12.5. The van der Waals surface area contributed by atoms with Crippen LogP contribution in [0, 0.1) is 0 Å². The number of allylic oxidation sites excluding steroid dienone is 10. The van der Waals surface area contributed by atoms with Crippen LogP contribution in [0.2, 0.25) is 0 Å². The fourth-order valence-corrected chi connectivity index (χ4v) is 8.37. The lowest BCUT2D eigenvalue weighted by Gasteiger charge is -2.18. The molecule has 0 heterocycles. The topological polar surface area (TPSA) is 78.9 Å². The molecule has 0 N–H and O–H groups in total. The molecule has 0 saturated heterocycles. The maximum atomic E-state index is 12.8. The zero-order chi connectivity index (χ0) is 49.3. The molecule has 0 aromatic carbocycles. The molecule has 0 aromatic heterocycles. The van der Waals surface area contributed by atoms with Crippen molar-refractivity contribution in [3.63, 3.8) is 0 Å². The van der Waals surface area contributed by atoms with Crippen LogP contribution in [0.15, 0.2) is 60.8 Å². The Hall–Kier alpha value is -2.89. The van der Waals surface area contributed by atoms with Crippen molar-refractivity contribution in [2.24, 2.45) is 0 Å². The second kappa shape index (κ2) is 56.7. The Morgan fingerprint density at radius 1 is 0.309 bits per heavy atom. The van der Waals surface area contributed by atoms with Crippen molar-refractivity contribution in [3.8, 4) is 0 Å². The summed E-state index contributed by atoms with van der Waals surface area (Å²) in [5, 5.41) is 0. The molecular weight excluding hydrogens is 841 g/mol. The van der Waals surface area contributed by atoms with E-state index in [4.69, 9.17) is 14.2 Å². The lowest BCUT2D eigenvalue weighted by molar-refractivity contribution is -0.167. The summed E-state index contributed by atoms with van der Waals surface area (Å²) >= 11 is 0. The summed E-state index contributed by atoms with van der Waals surface area (Å²) in [7, 11) is 0. The van der Waals surface area contributed by atoms with Gasteiger partial charge in [-0.3, -0.25) is 14.4 Å². The van der Waals surface area contributed by atoms with Crippen molar-refractivity contribution in [3.05, 3.63) is 60.8 Å². The molecule has 0 aliphatic carbocycles. The predicted molar refractivity (Wildman–Crippen MR) is 293 cm³/mol. The third-order valence-electron chi connectivity index (χ3n) is 12.8. The first-order valence-electron chi connectivity index (χ1n) is 29.3. The number of hydrogen-bond acceptors (Lipinski definition) is 6. The Morgan fingerprint density at radius 3 is 0.912 bits per heavy atom. The first-order chi connectivity index (χ1) is 33.5. The van der Waals surface area contributed by atoms with E-state index < -0.39 is 6.10 Å². The van der Waals surface area contributed by atoms with E-state index in [-0.39, 0.29) is 31.1 Å². The van der Waals surface area contributed by atoms with E-state index in [0.717, 1.165) is 96.3 Å². The number of ether oxygens (including phenoxy) is 3. The maximum Gasteiger partial charge on any atom is 0.306 e. The second-order valence-corrected chi connectivity index (χ2v) is 19.5. The summed E-state index contributed by atoms with van der Waals surface area (Å²) in [4.78, 5) is 37.9. The van der Waals surface area contributed by atoms with Gasteiger partial charge in [0.1, 0.15) is 13.2 Å². The van der Waals surface area contributed by atoms with Gasteiger partial charge in [-0.05, 0) is 83.5 Å². The van der Waals surface area contributed by atoms with Gasteiger partial charge < -0.3 is 14.2 Å². The molecule has 0 rings (SSSR count). The molecule has 394 valence electrons. The molecule has 0 fully saturated rings.